The van der Waals surface area contributed by atoms with E-state index in [1.54, 1.807) is 0 Å². The summed E-state index contributed by atoms with van der Waals surface area (Å²) in [5.74, 6) is 1.15. The molecule has 1 N–H and O–H groups in total. The first-order chi connectivity index (χ1) is 7.93. The van der Waals surface area contributed by atoms with Crippen LogP contribution in [0, 0.1) is 0 Å². The van der Waals surface area contributed by atoms with Crippen LogP contribution >= 0.6 is 11.8 Å². The Bertz CT molecular complexity index is 422. The maximum atomic E-state index is 3.64. The molecule has 0 amide bonds. The van der Waals surface area contributed by atoms with E-state index in [0.717, 1.165) is 12.3 Å². The average Bonchev–Trinajstić information content (AvgIpc) is 2.70. The molecule has 3 rings (SSSR count). The number of benzene rings is 1. The van der Waals surface area contributed by atoms with Crippen molar-refractivity contribution >= 4 is 11.8 Å². The van der Waals surface area contributed by atoms with Crippen LogP contribution in [-0.4, -0.2) is 17.5 Å². The molecule has 0 radical (unpaired) electrons. The van der Waals surface area contributed by atoms with Gasteiger partial charge in [0.1, 0.15) is 0 Å². The molecule has 1 aliphatic carbocycles. The molecule has 1 saturated heterocycles. The van der Waals surface area contributed by atoms with E-state index in [4.69, 9.17) is 0 Å². The molecular weight excluding hydrogens is 214 g/mol. The topological polar surface area (TPSA) is 12.0 Å². The van der Waals surface area contributed by atoms with E-state index in [1.165, 1.54) is 11.1 Å². The summed E-state index contributed by atoms with van der Waals surface area (Å²) < 4.78 is 0. The van der Waals surface area contributed by atoms with Gasteiger partial charge < -0.3 is 5.32 Å². The van der Waals surface area contributed by atoms with Crippen molar-refractivity contribution in [3.05, 3.63) is 59.7 Å². The number of rotatable bonds is 1. The normalized spacial score (nSPS) is 28.4. The molecule has 1 unspecified atom stereocenters. The van der Waals surface area contributed by atoms with Crippen LogP contribution < -0.4 is 5.32 Å². The van der Waals surface area contributed by atoms with Crippen molar-refractivity contribution in [2.45, 2.75) is 11.3 Å². The van der Waals surface area contributed by atoms with Crippen LogP contribution in [0.5, 0.6) is 0 Å². The van der Waals surface area contributed by atoms with Crippen molar-refractivity contribution in [2.24, 2.45) is 0 Å². The minimum Gasteiger partial charge on any atom is -0.305 e. The van der Waals surface area contributed by atoms with Gasteiger partial charge in [-0.05, 0) is 11.1 Å². The standard InChI is InChI=1S/C14H15NS/c1-2-5-11(6-3-1)13-10-16-14-8-4-7-12(14)9-15-13/h1-8,13-15H,9-10H2/t13-,14?/m1/s1. The van der Waals surface area contributed by atoms with E-state index in [0.29, 0.717) is 11.3 Å². The van der Waals surface area contributed by atoms with E-state index in [-0.39, 0.29) is 0 Å². The lowest BCUT2D eigenvalue weighted by atomic mass is 10.1. The Morgan fingerprint density at radius 1 is 1.19 bits per heavy atom. The molecule has 1 fully saturated rings. The van der Waals surface area contributed by atoms with Gasteiger partial charge in [0.2, 0.25) is 0 Å². The summed E-state index contributed by atoms with van der Waals surface area (Å²) in [7, 11) is 0. The number of hydrogen-bond acceptors (Lipinski definition) is 2. The van der Waals surface area contributed by atoms with Crippen molar-refractivity contribution in [1.82, 2.24) is 5.32 Å². The minimum atomic E-state index is 0.492. The highest BCUT2D eigenvalue weighted by Crippen LogP contribution is 2.32. The third-order valence-corrected chi connectivity index (χ3v) is 4.50. The third-order valence-electron chi connectivity index (χ3n) is 3.16. The first kappa shape index (κ1) is 10.2. The highest BCUT2D eigenvalue weighted by molar-refractivity contribution is 8.00. The Labute approximate surface area is 101 Å². The van der Waals surface area contributed by atoms with Gasteiger partial charge >= 0.3 is 0 Å². The Kier molecular flexibility index (Phi) is 2.85. The lowest BCUT2D eigenvalue weighted by molar-refractivity contribution is 0.621. The molecular formula is C14H15NS. The fraction of sp³-hybridized carbons (Fsp3) is 0.286. The van der Waals surface area contributed by atoms with Crippen molar-refractivity contribution in [3.63, 3.8) is 0 Å². The summed E-state index contributed by atoms with van der Waals surface area (Å²) in [6.45, 7) is 1.02. The van der Waals surface area contributed by atoms with Crippen molar-refractivity contribution in [3.8, 4) is 0 Å². The zero-order chi connectivity index (χ0) is 10.8. The maximum Gasteiger partial charge on any atom is 0.0456 e. The van der Waals surface area contributed by atoms with Gasteiger partial charge in [0.15, 0.2) is 0 Å². The molecule has 0 bridgehead atoms. The molecule has 1 heterocycles. The van der Waals surface area contributed by atoms with Gasteiger partial charge in [-0.2, -0.15) is 0 Å². The van der Waals surface area contributed by atoms with E-state index in [9.17, 15) is 0 Å². The molecule has 1 aromatic carbocycles. The third kappa shape index (κ3) is 1.95. The van der Waals surface area contributed by atoms with Gasteiger partial charge in [-0.25, -0.2) is 0 Å². The Hall–Kier alpha value is -0.990. The molecule has 2 aliphatic rings. The van der Waals surface area contributed by atoms with Crippen LogP contribution in [0.25, 0.3) is 0 Å². The minimum absolute atomic E-state index is 0.492. The first-order valence-corrected chi connectivity index (χ1v) is 6.75. The second kappa shape index (κ2) is 4.48. The van der Waals surface area contributed by atoms with Crippen LogP contribution in [0.1, 0.15) is 11.6 Å². The quantitative estimate of drug-likeness (QED) is 0.794. The second-order valence-corrected chi connectivity index (χ2v) is 5.40. The van der Waals surface area contributed by atoms with Crippen molar-refractivity contribution < 1.29 is 0 Å². The smallest absolute Gasteiger partial charge is 0.0456 e. The van der Waals surface area contributed by atoms with Gasteiger partial charge in [0, 0.05) is 23.6 Å². The van der Waals surface area contributed by atoms with Gasteiger partial charge in [-0.3, -0.25) is 0 Å². The van der Waals surface area contributed by atoms with Crippen LogP contribution in [0.15, 0.2) is 54.1 Å². The van der Waals surface area contributed by atoms with E-state index in [2.05, 4.69) is 53.9 Å². The Morgan fingerprint density at radius 3 is 2.94 bits per heavy atom. The summed E-state index contributed by atoms with van der Waals surface area (Å²) in [5.41, 5.74) is 2.92. The second-order valence-electron chi connectivity index (χ2n) is 4.22. The van der Waals surface area contributed by atoms with Crippen LogP contribution in [0.3, 0.4) is 0 Å². The fourth-order valence-electron chi connectivity index (χ4n) is 2.22. The SMILES string of the molecule is C1=CC2SC[C@H](c3ccccc3)NCC2=C1. The van der Waals surface area contributed by atoms with Crippen LogP contribution in [-0.2, 0) is 0 Å². The summed E-state index contributed by atoms with van der Waals surface area (Å²) in [5, 5.41) is 4.25. The number of allylic oxidation sites excluding steroid dienone is 2. The predicted molar refractivity (Wildman–Crippen MR) is 70.7 cm³/mol. The van der Waals surface area contributed by atoms with Crippen molar-refractivity contribution in [1.29, 1.82) is 0 Å². The summed E-state index contributed by atoms with van der Waals surface area (Å²) in [4.78, 5) is 0. The largest absolute Gasteiger partial charge is 0.305 e. The Morgan fingerprint density at radius 2 is 2.06 bits per heavy atom. The van der Waals surface area contributed by atoms with Crippen LogP contribution in [0.2, 0.25) is 0 Å². The van der Waals surface area contributed by atoms with Gasteiger partial charge in [0.25, 0.3) is 0 Å². The molecule has 82 valence electrons. The Balaban J connectivity index is 1.76. The van der Waals surface area contributed by atoms with E-state index in [1.807, 2.05) is 11.8 Å². The lowest BCUT2D eigenvalue weighted by Gasteiger charge is -2.15. The molecule has 0 saturated carbocycles. The number of thioether (sulfide) groups is 1. The molecule has 1 nitrogen and oxygen atoms in total. The average molecular weight is 229 g/mol. The molecule has 2 atom stereocenters. The first-order valence-electron chi connectivity index (χ1n) is 5.71. The zero-order valence-electron chi connectivity index (χ0n) is 9.10. The molecule has 0 aromatic heterocycles. The maximum absolute atomic E-state index is 3.64. The number of fused-ring (bicyclic) bond motifs is 1. The van der Waals surface area contributed by atoms with Crippen LogP contribution in [0.4, 0.5) is 0 Å². The fourth-order valence-corrected chi connectivity index (χ4v) is 3.51. The molecule has 1 aliphatic heterocycles. The van der Waals surface area contributed by atoms with Gasteiger partial charge in [-0.1, -0.05) is 48.6 Å². The molecule has 2 heteroatoms. The van der Waals surface area contributed by atoms with Crippen molar-refractivity contribution in [2.75, 3.05) is 12.3 Å². The van der Waals surface area contributed by atoms with Gasteiger partial charge in [0.05, 0.1) is 0 Å². The zero-order valence-corrected chi connectivity index (χ0v) is 9.91. The number of nitrogens with one attached hydrogen (secondary N) is 1. The highest BCUT2D eigenvalue weighted by Gasteiger charge is 2.23. The molecule has 1 aromatic rings. The van der Waals surface area contributed by atoms with Gasteiger partial charge in [-0.15, -0.1) is 11.8 Å². The molecule has 16 heavy (non-hydrogen) atoms. The summed E-state index contributed by atoms with van der Waals surface area (Å²) in [6.07, 6.45) is 6.73. The monoisotopic (exact) mass is 229 g/mol. The predicted octanol–water partition coefficient (Wildman–Crippen LogP) is 2.93. The highest BCUT2D eigenvalue weighted by atomic mass is 32.2. The van der Waals surface area contributed by atoms with E-state index >= 15 is 0 Å². The summed E-state index contributed by atoms with van der Waals surface area (Å²) >= 11 is 2.04. The molecule has 0 spiro atoms. The number of hydrogen-bond donors (Lipinski definition) is 1. The van der Waals surface area contributed by atoms with E-state index < -0.39 is 0 Å². The summed E-state index contributed by atoms with van der Waals surface area (Å²) in [6, 6.07) is 11.2. The lowest BCUT2D eigenvalue weighted by Crippen LogP contribution is -2.23.